The summed E-state index contributed by atoms with van der Waals surface area (Å²) in [5, 5.41) is 0. The molecule has 1 aliphatic carbocycles. The van der Waals surface area contributed by atoms with E-state index in [4.69, 9.17) is 22.7 Å². The van der Waals surface area contributed by atoms with Crippen LogP contribution in [0.15, 0.2) is 24.3 Å². The van der Waals surface area contributed by atoms with Gasteiger partial charge in [0.2, 0.25) is 0 Å². The van der Waals surface area contributed by atoms with Crippen LogP contribution >= 0.6 is 12.2 Å². The highest BCUT2D eigenvalue weighted by Crippen LogP contribution is 2.29. The third kappa shape index (κ3) is 4.27. The maximum Gasteiger partial charge on any atom is 0.119 e. The molecule has 0 aromatic heterocycles. The Kier molecular flexibility index (Phi) is 4.55. The fourth-order valence-electron chi connectivity index (χ4n) is 1.87. The van der Waals surface area contributed by atoms with Crippen LogP contribution in [0.2, 0.25) is 0 Å². The Hall–Kier alpha value is -1.13. The zero-order chi connectivity index (χ0) is 13.0. The van der Waals surface area contributed by atoms with E-state index in [0.717, 1.165) is 30.4 Å². The lowest BCUT2D eigenvalue weighted by molar-refractivity contribution is 0.232. The fourth-order valence-corrected chi connectivity index (χ4v) is 2.00. The second-order valence-corrected chi connectivity index (χ2v) is 5.38. The van der Waals surface area contributed by atoms with Gasteiger partial charge in [-0.1, -0.05) is 12.2 Å². The van der Waals surface area contributed by atoms with Crippen LogP contribution in [-0.2, 0) is 0 Å². The normalized spacial score (nSPS) is 14.8. The maximum absolute atomic E-state index is 5.69. The lowest BCUT2D eigenvalue weighted by Crippen LogP contribution is -2.26. The van der Waals surface area contributed by atoms with Gasteiger partial charge < -0.3 is 15.4 Å². The molecule has 0 amide bonds. The number of hydrogen-bond donors (Lipinski definition) is 1. The van der Waals surface area contributed by atoms with Crippen molar-refractivity contribution in [3.63, 3.8) is 0 Å². The molecule has 2 N–H and O–H groups in total. The van der Waals surface area contributed by atoms with Gasteiger partial charge in [0.1, 0.15) is 17.3 Å². The number of rotatable bonds is 7. The Morgan fingerprint density at radius 2 is 2.06 bits per heavy atom. The van der Waals surface area contributed by atoms with E-state index in [1.807, 2.05) is 24.3 Å². The molecule has 0 radical (unpaired) electrons. The Labute approximate surface area is 114 Å². The summed E-state index contributed by atoms with van der Waals surface area (Å²) in [5.74, 6) is 1.80. The number of hydrogen-bond acceptors (Lipinski definition) is 3. The Balaban J connectivity index is 1.70. The standard InChI is InChI=1S/C14H20N2OS/c1-16(10-11-2-3-11)8-9-17-13-6-4-12(5-7-13)14(15)18/h4-7,11H,2-3,8-10H2,1H3,(H2,15,18). The molecule has 18 heavy (non-hydrogen) atoms. The van der Waals surface area contributed by atoms with Gasteiger partial charge in [0.25, 0.3) is 0 Å². The summed E-state index contributed by atoms with van der Waals surface area (Å²) in [6, 6.07) is 7.61. The molecule has 1 aromatic carbocycles. The average Bonchev–Trinajstić information content (AvgIpc) is 3.13. The van der Waals surface area contributed by atoms with Gasteiger partial charge in [0.15, 0.2) is 0 Å². The van der Waals surface area contributed by atoms with Gasteiger partial charge in [0, 0.05) is 18.7 Å². The smallest absolute Gasteiger partial charge is 0.119 e. The summed E-state index contributed by atoms with van der Waals surface area (Å²) in [5.41, 5.74) is 6.42. The molecule has 2 rings (SSSR count). The third-order valence-corrected chi connectivity index (χ3v) is 3.38. The predicted octanol–water partition coefficient (Wildman–Crippen LogP) is 2.04. The highest BCUT2D eigenvalue weighted by Gasteiger charge is 2.22. The van der Waals surface area contributed by atoms with E-state index in [0.29, 0.717) is 4.99 Å². The first-order valence-corrected chi connectivity index (χ1v) is 6.77. The second kappa shape index (κ2) is 6.16. The van der Waals surface area contributed by atoms with Crippen LogP contribution in [0.5, 0.6) is 5.75 Å². The zero-order valence-electron chi connectivity index (χ0n) is 10.8. The van der Waals surface area contributed by atoms with E-state index >= 15 is 0 Å². The van der Waals surface area contributed by atoms with E-state index < -0.39 is 0 Å². The third-order valence-electron chi connectivity index (χ3n) is 3.15. The van der Waals surface area contributed by atoms with Crippen molar-refractivity contribution in [3.05, 3.63) is 29.8 Å². The van der Waals surface area contributed by atoms with Crippen LogP contribution in [0.4, 0.5) is 0 Å². The van der Waals surface area contributed by atoms with Gasteiger partial charge in [-0.3, -0.25) is 0 Å². The number of nitrogens with zero attached hydrogens (tertiary/aromatic N) is 1. The summed E-state index contributed by atoms with van der Waals surface area (Å²) in [6.07, 6.45) is 2.79. The minimum Gasteiger partial charge on any atom is -0.492 e. The van der Waals surface area contributed by atoms with Gasteiger partial charge in [-0.25, -0.2) is 0 Å². The second-order valence-electron chi connectivity index (χ2n) is 4.94. The summed E-state index contributed by atoms with van der Waals surface area (Å²) in [6.45, 7) is 2.88. The number of ether oxygens (including phenoxy) is 1. The Bertz CT molecular complexity index is 401. The monoisotopic (exact) mass is 264 g/mol. The molecule has 0 unspecified atom stereocenters. The first kappa shape index (κ1) is 13.3. The SMILES string of the molecule is CN(CCOc1ccc(C(N)=S)cc1)CC1CC1. The quantitative estimate of drug-likeness (QED) is 0.765. The highest BCUT2D eigenvalue weighted by molar-refractivity contribution is 7.80. The molecule has 0 heterocycles. The average molecular weight is 264 g/mol. The van der Waals surface area contributed by atoms with E-state index in [1.54, 1.807) is 0 Å². The molecule has 1 aromatic rings. The summed E-state index contributed by atoms with van der Waals surface area (Å²) >= 11 is 4.90. The van der Waals surface area contributed by atoms with Crippen LogP contribution in [0.1, 0.15) is 18.4 Å². The predicted molar refractivity (Wildman–Crippen MR) is 78.0 cm³/mol. The van der Waals surface area contributed by atoms with Crippen LogP contribution in [0.25, 0.3) is 0 Å². The molecule has 0 saturated heterocycles. The lowest BCUT2D eigenvalue weighted by Gasteiger charge is -2.16. The minimum atomic E-state index is 0.422. The van der Waals surface area contributed by atoms with Gasteiger partial charge in [-0.05, 0) is 50.1 Å². The van der Waals surface area contributed by atoms with E-state index in [2.05, 4.69) is 11.9 Å². The molecule has 1 aliphatic rings. The first-order valence-electron chi connectivity index (χ1n) is 6.36. The highest BCUT2D eigenvalue weighted by atomic mass is 32.1. The summed E-state index contributed by atoms with van der Waals surface area (Å²) < 4.78 is 5.69. The lowest BCUT2D eigenvalue weighted by atomic mass is 10.2. The Morgan fingerprint density at radius 1 is 1.39 bits per heavy atom. The van der Waals surface area contributed by atoms with Crippen molar-refractivity contribution in [1.82, 2.24) is 4.90 Å². The topological polar surface area (TPSA) is 38.5 Å². The van der Waals surface area contributed by atoms with Crippen molar-refractivity contribution in [2.75, 3.05) is 26.7 Å². The molecular weight excluding hydrogens is 244 g/mol. The molecule has 0 spiro atoms. The number of nitrogens with two attached hydrogens (primary N) is 1. The molecule has 0 bridgehead atoms. The fraction of sp³-hybridized carbons (Fsp3) is 0.500. The van der Waals surface area contributed by atoms with Gasteiger partial charge in [0.05, 0.1) is 0 Å². The van der Waals surface area contributed by atoms with Crippen LogP contribution in [-0.4, -0.2) is 36.6 Å². The van der Waals surface area contributed by atoms with Crippen LogP contribution in [0.3, 0.4) is 0 Å². The maximum atomic E-state index is 5.69. The zero-order valence-corrected chi connectivity index (χ0v) is 11.6. The van der Waals surface area contributed by atoms with E-state index in [9.17, 15) is 0 Å². The largest absolute Gasteiger partial charge is 0.492 e. The number of benzene rings is 1. The minimum absolute atomic E-state index is 0.422. The molecule has 0 aliphatic heterocycles. The van der Waals surface area contributed by atoms with Gasteiger partial charge in [-0.15, -0.1) is 0 Å². The number of thiocarbonyl (C=S) groups is 1. The number of likely N-dealkylation sites (N-methyl/N-ethyl adjacent to an activating group) is 1. The van der Waals surface area contributed by atoms with Crippen molar-refractivity contribution < 1.29 is 4.74 Å². The summed E-state index contributed by atoms with van der Waals surface area (Å²) in [4.78, 5) is 2.76. The van der Waals surface area contributed by atoms with E-state index in [1.165, 1.54) is 19.4 Å². The van der Waals surface area contributed by atoms with Crippen LogP contribution < -0.4 is 10.5 Å². The molecular formula is C14H20N2OS. The van der Waals surface area contributed by atoms with Crippen molar-refractivity contribution >= 4 is 17.2 Å². The molecule has 0 atom stereocenters. The summed E-state index contributed by atoms with van der Waals surface area (Å²) in [7, 11) is 2.15. The van der Waals surface area contributed by atoms with Gasteiger partial charge >= 0.3 is 0 Å². The van der Waals surface area contributed by atoms with Crippen molar-refractivity contribution in [1.29, 1.82) is 0 Å². The van der Waals surface area contributed by atoms with Crippen LogP contribution in [0, 0.1) is 5.92 Å². The van der Waals surface area contributed by atoms with Crippen molar-refractivity contribution in [2.45, 2.75) is 12.8 Å². The Morgan fingerprint density at radius 3 is 2.61 bits per heavy atom. The van der Waals surface area contributed by atoms with Crippen molar-refractivity contribution in [2.24, 2.45) is 11.7 Å². The van der Waals surface area contributed by atoms with E-state index in [-0.39, 0.29) is 0 Å². The molecule has 98 valence electrons. The first-order chi connectivity index (χ1) is 8.65. The molecule has 1 fully saturated rings. The van der Waals surface area contributed by atoms with Crippen molar-refractivity contribution in [3.8, 4) is 5.75 Å². The molecule has 3 nitrogen and oxygen atoms in total. The molecule has 1 saturated carbocycles. The van der Waals surface area contributed by atoms with Gasteiger partial charge in [-0.2, -0.15) is 0 Å². The molecule has 4 heteroatoms.